The van der Waals surface area contributed by atoms with E-state index in [1.807, 2.05) is 13.8 Å². The maximum Gasteiger partial charge on any atom is 0.0963 e. The van der Waals surface area contributed by atoms with Gasteiger partial charge in [-0.2, -0.15) is 0 Å². The van der Waals surface area contributed by atoms with Gasteiger partial charge in [-0.3, -0.25) is 4.99 Å². The standard InChI is InChI=1S/C10H20N2O/c1-10(2,13)6-8-12-9-5-3-4-7-11-9/h13H,3-8H2,1-2H3,(H,11,12). The van der Waals surface area contributed by atoms with Crippen LogP contribution in [0.4, 0.5) is 0 Å². The predicted molar refractivity (Wildman–Crippen MR) is 55.1 cm³/mol. The van der Waals surface area contributed by atoms with E-state index in [0.29, 0.717) is 0 Å². The molecule has 1 aliphatic heterocycles. The topological polar surface area (TPSA) is 44.6 Å². The molecule has 1 aliphatic rings. The van der Waals surface area contributed by atoms with Crippen LogP contribution in [-0.4, -0.2) is 29.6 Å². The molecule has 0 fully saturated rings. The molecule has 3 heteroatoms. The number of rotatable bonds is 3. The molecule has 0 aromatic carbocycles. The van der Waals surface area contributed by atoms with Crippen molar-refractivity contribution in [3.8, 4) is 0 Å². The second kappa shape index (κ2) is 4.61. The smallest absolute Gasteiger partial charge is 0.0963 e. The minimum Gasteiger partial charge on any atom is -0.390 e. The van der Waals surface area contributed by atoms with Crippen LogP contribution in [0.3, 0.4) is 0 Å². The third-order valence-electron chi connectivity index (χ3n) is 2.19. The molecular formula is C10H20N2O. The summed E-state index contributed by atoms with van der Waals surface area (Å²) in [5.41, 5.74) is -0.567. The molecule has 0 spiro atoms. The molecule has 0 bridgehead atoms. The maximum atomic E-state index is 9.47. The molecule has 0 aromatic rings. The predicted octanol–water partition coefficient (Wildman–Crippen LogP) is 1.32. The molecule has 3 nitrogen and oxygen atoms in total. The van der Waals surface area contributed by atoms with Crippen LogP contribution in [0.15, 0.2) is 4.99 Å². The highest BCUT2D eigenvalue weighted by atomic mass is 16.3. The second-order valence-corrected chi connectivity index (χ2v) is 4.27. The number of amidine groups is 1. The van der Waals surface area contributed by atoms with E-state index in [9.17, 15) is 5.11 Å². The molecule has 0 saturated heterocycles. The Morgan fingerprint density at radius 1 is 1.46 bits per heavy atom. The molecule has 0 unspecified atom stereocenters. The Kier molecular flexibility index (Phi) is 3.72. The van der Waals surface area contributed by atoms with E-state index in [1.165, 1.54) is 12.8 Å². The number of nitrogens with zero attached hydrogens (tertiary/aromatic N) is 1. The van der Waals surface area contributed by atoms with Crippen molar-refractivity contribution in [1.29, 1.82) is 0 Å². The molecule has 0 amide bonds. The Bertz CT molecular complexity index is 182. The van der Waals surface area contributed by atoms with Gasteiger partial charge in [-0.05, 0) is 33.1 Å². The van der Waals surface area contributed by atoms with Gasteiger partial charge < -0.3 is 10.4 Å². The Labute approximate surface area is 80.3 Å². The summed E-state index contributed by atoms with van der Waals surface area (Å²) < 4.78 is 0. The van der Waals surface area contributed by atoms with Crippen molar-refractivity contribution in [1.82, 2.24) is 5.32 Å². The Morgan fingerprint density at radius 3 is 2.77 bits per heavy atom. The average molecular weight is 184 g/mol. The molecule has 0 radical (unpaired) electrons. The van der Waals surface area contributed by atoms with Crippen LogP contribution in [0, 0.1) is 0 Å². The summed E-state index contributed by atoms with van der Waals surface area (Å²) in [5, 5.41) is 12.7. The van der Waals surface area contributed by atoms with E-state index in [1.54, 1.807) is 0 Å². The lowest BCUT2D eigenvalue weighted by atomic mass is 10.1. The number of aliphatic imine (C=N–C) groups is 1. The van der Waals surface area contributed by atoms with E-state index in [2.05, 4.69) is 10.3 Å². The Balaban J connectivity index is 2.15. The van der Waals surface area contributed by atoms with Gasteiger partial charge in [-0.1, -0.05) is 0 Å². The SMILES string of the molecule is CC(C)(O)CCNC1=NCCCC1. The monoisotopic (exact) mass is 184 g/mol. The van der Waals surface area contributed by atoms with Crippen LogP contribution in [0.5, 0.6) is 0 Å². The molecule has 2 N–H and O–H groups in total. The van der Waals surface area contributed by atoms with Gasteiger partial charge in [0.1, 0.15) is 0 Å². The third-order valence-corrected chi connectivity index (χ3v) is 2.19. The lowest BCUT2D eigenvalue weighted by molar-refractivity contribution is 0.0725. The van der Waals surface area contributed by atoms with Crippen molar-refractivity contribution in [2.75, 3.05) is 13.1 Å². The van der Waals surface area contributed by atoms with Gasteiger partial charge in [-0.15, -0.1) is 0 Å². The minimum absolute atomic E-state index is 0.567. The molecule has 13 heavy (non-hydrogen) atoms. The van der Waals surface area contributed by atoms with Crippen molar-refractivity contribution < 1.29 is 5.11 Å². The second-order valence-electron chi connectivity index (χ2n) is 4.27. The van der Waals surface area contributed by atoms with E-state index in [-0.39, 0.29) is 0 Å². The normalized spacial score (nSPS) is 18.2. The van der Waals surface area contributed by atoms with E-state index in [4.69, 9.17) is 0 Å². The van der Waals surface area contributed by atoms with Crippen molar-refractivity contribution in [3.05, 3.63) is 0 Å². The fourth-order valence-electron chi connectivity index (χ4n) is 1.35. The molecule has 0 atom stereocenters. The zero-order valence-electron chi connectivity index (χ0n) is 8.64. The summed E-state index contributed by atoms with van der Waals surface area (Å²) in [4.78, 5) is 4.37. The quantitative estimate of drug-likeness (QED) is 0.695. The minimum atomic E-state index is -0.567. The van der Waals surface area contributed by atoms with E-state index >= 15 is 0 Å². The van der Waals surface area contributed by atoms with Gasteiger partial charge >= 0.3 is 0 Å². The zero-order valence-corrected chi connectivity index (χ0v) is 8.64. The van der Waals surface area contributed by atoms with Gasteiger partial charge in [0.05, 0.1) is 11.4 Å². The van der Waals surface area contributed by atoms with Crippen molar-refractivity contribution in [3.63, 3.8) is 0 Å². The van der Waals surface area contributed by atoms with Gasteiger partial charge in [0.25, 0.3) is 0 Å². The van der Waals surface area contributed by atoms with Gasteiger partial charge in [0.15, 0.2) is 0 Å². The summed E-state index contributed by atoms with van der Waals surface area (Å²) in [5.74, 6) is 1.12. The van der Waals surface area contributed by atoms with Gasteiger partial charge in [0.2, 0.25) is 0 Å². The fourth-order valence-corrected chi connectivity index (χ4v) is 1.35. The molecule has 0 aliphatic carbocycles. The lowest BCUT2D eigenvalue weighted by Crippen LogP contribution is -2.31. The summed E-state index contributed by atoms with van der Waals surface area (Å²) in [6.45, 7) is 5.45. The summed E-state index contributed by atoms with van der Waals surface area (Å²) in [6.07, 6.45) is 4.31. The highest BCUT2D eigenvalue weighted by Gasteiger charge is 2.12. The molecule has 0 aromatic heterocycles. The highest BCUT2D eigenvalue weighted by molar-refractivity contribution is 5.82. The number of aliphatic hydroxyl groups is 1. The van der Waals surface area contributed by atoms with Crippen LogP contribution >= 0.6 is 0 Å². The summed E-state index contributed by atoms with van der Waals surface area (Å²) in [7, 11) is 0. The van der Waals surface area contributed by atoms with Crippen LogP contribution in [-0.2, 0) is 0 Å². The molecule has 1 rings (SSSR count). The molecule has 1 heterocycles. The molecular weight excluding hydrogens is 164 g/mol. The summed E-state index contributed by atoms with van der Waals surface area (Å²) >= 11 is 0. The average Bonchev–Trinajstić information content (AvgIpc) is 2.04. The first-order valence-electron chi connectivity index (χ1n) is 5.07. The first kappa shape index (κ1) is 10.5. The molecule has 76 valence electrons. The number of hydrogen-bond acceptors (Lipinski definition) is 3. The lowest BCUT2D eigenvalue weighted by Gasteiger charge is -2.19. The van der Waals surface area contributed by atoms with Crippen LogP contribution in [0.25, 0.3) is 0 Å². The van der Waals surface area contributed by atoms with Crippen LogP contribution < -0.4 is 5.32 Å². The van der Waals surface area contributed by atoms with Crippen molar-refractivity contribution >= 4 is 5.84 Å². The van der Waals surface area contributed by atoms with E-state index < -0.39 is 5.60 Å². The number of hydrogen-bond donors (Lipinski definition) is 2. The first-order chi connectivity index (χ1) is 6.08. The fraction of sp³-hybridized carbons (Fsp3) is 0.900. The number of nitrogens with one attached hydrogen (secondary N) is 1. The van der Waals surface area contributed by atoms with Gasteiger partial charge in [-0.25, -0.2) is 0 Å². The van der Waals surface area contributed by atoms with E-state index in [0.717, 1.165) is 31.8 Å². The van der Waals surface area contributed by atoms with Gasteiger partial charge in [0, 0.05) is 19.5 Å². The van der Waals surface area contributed by atoms with Crippen LogP contribution in [0.2, 0.25) is 0 Å². The first-order valence-corrected chi connectivity index (χ1v) is 5.07. The Morgan fingerprint density at radius 2 is 2.23 bits per heavy atom. The van der Waals surface area contributed by atoms with Crippen LogP contribution in [0.1, 0.15) is 39.5 Å². The van der Waals surface area contributed by atoms with Crippen molar-refractivity contribution in [2.45, 2.75) is 45.1 Å². The summed E-state index contributed by atoms with van der Waals surface area (Å²) in [6, 6.07) is 0. The molecule has 0 saturated carbocycles. The third kappa shape index (κ3) is 4.88. The largest absolute Gasteiger partial charge is 0.390 e. The zero-order chi connectivity index (χ0) is 9.73. The highest BCUT2D eigenvalue weighted by Crippen LogP contribution is 2.07. The Hall–Kier alpha value is -0.570. The maximum absolute atomic E-state index is 9.47. The van der Waals surface area contributed by atoms with Crippen molar-refractivity contribution in [2.24, 2.45) is 4.99 Å².